The van der Waals surface area contributed by atoms with E-state index in [1.807, 2.05) is 13.0 Å². The van der Waals surface area contributed by atoms with Gasteiger partial charge in [-0.1, -0.05) is 6.08 Å². The maximum Gasteiger partial charge on any atom is 0.161 e. The van der Waals surface area contributed by atoms with Crippen LogP contribution >= 0.6 is 0 Å². The third-order valence-corrected chi connectivity index (χ3v) is 2.52. The van der Waals surface area contributed by atoms with Crippen LogP contribution in [0, 0.1) is 0 Å². The highest BCUT2D eigenvalue weighted by atomic mass is 16.5. The lowest BCUT2D eigenvalue weighted by Gasteiger charge is -2.15. The Bertz CT molecular complexity index is 391. The highest BCUT2D eigenvalue weighted by molar-refractivity contribution is 5.50. The van der Waals surface area contributed by atoms with Crippen molar-refractivity contribution in [2.75, 3.05) is 13.2 Å². The number of nitrogens with two attached hydrogens (primary N) is 2. The summed E-state index contributed by atoms with van der Waals surface area (Å²) in [4.78, 5) is 0. The van der Waals surface area contributed by atoms with Crippen LogP contribution in [0.3, 0.4) is 0 Å². The standard InChI is InChI=1S/C13H20N2O2/c1-3-5-9-6-10(11(15)8-14)7-12(13(9)16)17-4-2/h3,6-7,11,16H,1,4-5,8,14-15H2,2H3/t11-/m1/s1. The predicted octanol–water partition coefficient (Wildman–Crippen LogP) is 1.48. The van der Waals surface area contributed by atoms with Crippen LogP contribution in [0.4, 0.5) is 0 Å². The van der Waals surface area contributed by atoms with Crippen LogP contribution in [0.15, 0.2) is 24.8 Å². The van der Waals surface area contributed by atoms with Crippen LogP contribution < -0.4 is 16.2 Å². The van der Waals surface area contributed by atoms with Crippen molar-refractivity contribution in [1.29, 1.82) is 0 Å². The van der Waals surface area contributed by atoms with Crippen molar-refractivity contribution in [3.05, 3.63) is 35.9 Å². The van der Waals surface area contributed by atoms with Crippen LogP contribution in [-0.2, 0) is 6.42 Å². The molecule has 0 saturated heterocycles. The van der Waals surface area contributed by atoms with Gasteiger partial charge in [0.25, 0.3) is 0 Å². The van der Waals surface area contributed by atoms with Gasteiger partial charge >= 0.3 is 0 Å². The largest absolute Gasteiger partial charge is 0.504 e. The van der Waals surface area contributed by atoms with Crippen LogP contribution in [0.25, 0.3) is 0 Å². The van der Waals surface area contributed by atoms with E-state index in [0.717, 1.165) is 11.1 Å². The van der Waals surface area contributed by atoms with Gasteiger partial charge in [0.1, 0.15) is 0 Å². The molecule has 0 amide bonds. The monoisotopic (exact) mass is 236 g/mol. The summed E-state index contributed by atoms with van der Waals surface area (Å²) < 4.78 is 5.38. The van der Waals surface area contributed by atoms with E-state index in [1.54, 1.807) is 12.1 Å². The summed E-state index contributed by atoms with van der Waals surface area (Å²) in [6.45, 7) is 6.36. The lowest BCUT2D eigenvalue weighted by Crippen LogP contribution is -2.21. The molecule has 0 bridgehead atoms. The molecule has 1 rings (SSSR count). The number of ether oxygens (including phenoxy) is 1. The third kappa shape index (κ3) is 3.22. The predicted molar refractivity (Wildman–Crippen MR) is 69.2 cm³/mol. The first-order valence-corrected chi connectivity index (χ1v) is 5.69. The van der Waals surface area contributed by atoms with Gasteiger partial charge in [0.15, 0.2) is 11.5 Å². The molecular formula is C13H20N2O2. The summed E-state index contributed by atoms with van der Waals surface area (Å²) in [6, 6.07) is 3.33. The summed E-state index contributed by atoms with van der Waals surface area (Å²) in [5, 5.41) is 9.99. The maximum absolute atomic E-state index is 9.99. The molecule has 4 heteroatoms. The second-order valence-electron chi connectivity index (χ2n) is 3.79. The summed E-state index contributed by atoms with van der Waals surface area (Å²) in [7, 11) is 0. The molecule has 0 radical (unpaired) electrons. The van der Waals surface area contributed by atoms with E-state index < -0.39 is 0 Å². The number of aromatic hydroxyl groups is 1. The quantitative estimate of drug-likeness (QED) is 0.653. The Balaban J connectivity index is 3.20. The van der Waals surface area contributed by atoms with Crippen molar-refractivity contribution in [3.8, 4) is 11.5 Å². The third-order valence-electron chi connectivity index (χ3n) is 2.52. The highest BCUT2D eigenvalue weighted by Gasteiger charge is 2.13. The smallest absolute Gasteiger partial charge is 0.161 e. The van der Waals surface area contributed by atoms with Crippen molar-refractivity contribution in [2.45, 2.75) is 19.4 Å². The van der Waals surface area contributed by atoms with Crippen LogP contribution in [-0.4, -0.2) is 18.3 Å². The van der Waals surface area contributed by atoms with E-state index >= 15 is 0 Å². The summed E-state index contributed by atoms with van der Waals surface area (Å²) in [5.41, 5.74) is 13.0. The first-order valence-electron chi connectivity index (χ1n) is 5.69. The van der Waals surface area contributed by atoms with Crippen molar-refractivity contribution in [2.24, 2.45) is 11.5 Å². The molecule has 0 unspecified atom stereocenters. The molecule has 0 aliphatic carbocycles. The number of phenols is 1. The van der Waals surface area contributed by atoms with E-state index in [-0.39, 0.29) is 11.8 Å². The SMILES string of the molecule is C=CCc1cc([C@H](N)CN)cc(OCC)c1O. The zero-order valence-corrected chi connectivity index (χ0v) is 10.1. The van der Waals surface area contributed by atoms with Gasteiger partial charge in [0.2, 0.25) is 0 Å². The van der Waals surface area contributed by atoms with Gasteiger partial charge in [-0.2, -0.15) is 0 Å². The molecule has 0 heterocycles. The number of rotatable bonds is 6. The van der Waals surface area contributed by atoms with Gasteiger partial charge in [-0.3, -0.25) is 0 Å². The molecular weight excluding hydrogens is 216 g/mol. The Kier molecular flexibility index (Phi) is 5.00. The molecule has 17 heavy (non-hydrogen) atoms. The van der Waals surface area contributed by atoms with Gasteiger partial charge in [0.05, 0.1) is 6.61 Å². The Morgan fingerprint density at radius 3 is 2.76 bits per heavy atom. The minimum atomic E-state index is -0.252. The minimum absolute atomic E-state index is 0.153. The molecule has 0 fully saturated rings. The molecule has 0 saturated carbocycles. The van der Waals surface area contributed by atoms with Crippen molar-refractivity contribution in [1.82, 2.24) is 0 Å². The first kappa shape index (κ1) is 13.5. The van der Waals surface area contributed by atoms with Gasteiger partial charge in [-0.05, 0) is 31.0 Å². The van der Waals surface area contributed by atoms with Crippen molar-refractivity contribution < 1.29 is 9.84 Å². The van der Waals surface area contributed by atoms with Gasteiger partial charge < -0.3 is 21.3 Å². The Morgan fingerprint density at radius 1 is 1.53 bits per heavy atom. The Hall–Kier alpha value is -1.52. The number of allylic oxidation sites excluding steroid dienone is 1. The van der Waals surface area contributed by atoms with E-state index in [9.17, 15) is 5.11 Å². The van der Waals surface area contributed by atoms with E-state index in [0.29, 0.717) is 25.3 Å². The zero-order valence-electron chi connectivity index (χ0n) is 10.1. The van der Waals surface area contributed by atoms with Crippen molar-refractivity contribution in [3.63, 3.8) is 0 Å². The minimum Gasteiger partial charge on any atom is -0.504 e. The van der Waals surface area contributed by atoms with E-state index in [2.05, 4.69) is 6.58 Å². The fourth-order valence-electron chi connectivity index (χ4n) is 1.62. The highest BCUT2D eigenvalue weighted by Crippen LogP contribution is 2.33. The van der Waals surface area contributed by atoms with Gasteiger partial charge in [-0.25, -0.2) is 0 Å². The normalized spacial score (nSPS) is 12.2. The average molecular weight is 236 g/mol. The molecule has 0 aliphatic heterocycles. The molecule has 94 valence electrons. The molecule has 0 aliphatic rings. The van der Waals surface area contributed by atoms with Crippen LogP contribution in [0.1, 0.15) is 24.1 Å². The number of hydrogen-bond acceptors (Lipinski definition) is 4. The molecule has 0 spiro atoms. The number of benzene rings is 1. The fourth-order valence-corrected chi connectivity index (χ4v) is 1.62. The lowest BCUT2D eigenvalue weighted by molar-refractivity contribution is 0.316. The van der Waals surface area contributed by atoms with Gasteiger partial charge in [0, 0.05) is 18.2 Å². The zero-order chi connectivity index (χ0) is 12.8. The molecule has 5 N–H and O–H groups in total. The number of hydrogen-bond donors (Lipinski definition) is 3. The fraction of sp³-hybridized carbons (Fsp3) is 0.385. The number of phenolic OH excluding ortho intramolecular Hbond substituents is 1. The molecule has 4 nitrogen and oxygen atoms in total. The Labute approximate surface area is 102 Å². The van der Waals surface area contributed by atoms with Crippen LogP contribution in [0.2, 0.25) is 0 Å². The lowest BCUT2D eigenvalue weighted by atomic mass is 10.0. The molecule has 0 aromatic heterocycles. The van der Waals surface area contributed by atoms with E-state index in [1.165, 1.54) is 0 Å². The summed E-state index contributed by atoms with van der Waals surface area (Å²) >= 11 is 0. The maximum atomic E-state index is 9.99. The van der Waals surface area contributed by atoms with Crippen LogP contribution in [0.5, 0.6) is 11.5 Å². The second-order valence-corrected chi connectivity index (χ2v) is 3.79. The second kappa shape index (κ2) is 6.27. The average Bonchev–Trinajstić information content (AvgIpc) is 2.33. The summed E-state index contributed by atoms with van der Waals surface area (Å²) in [6.07, 6.45) is 2.29. The van der Waals surface area contributed by atoms with Crippen molar-refractivity contribution >= 4 is 0 Å². The molecule has 1 aromatic rings. The van der Waals surface area contributed by atoms with Gasteiger partial charge in [-0.15, -0.1) is 6.58 Å². The molecule has 1 atom stereocenters. The van der Waals surface area contributed by atoms with E-state index in [4.69, 9.17) is 16.2 Å². The first-order chi connectivity index (χ1) is 8.13. The molecule has 1 aromatic carbocycles. The summed E-state index contributed by atoms with van der Waals surface area (Å²) in [5.74, 6) is 0.602. The topological polar surface area (TPSA) is 81.5 Å². The Morgan fingerprint density at radius 2 is 2.24 bits per heavy atom.